The minimum absolute atomic E-state index is 0.271. The number of benzene rings is 4. The molecule has 176 valence electrons. The van der Waals surface area contributed by atoms with Gasteiger partial charge >= 0.3 is 0 Å². The largest absolute Gasteiger partial charge is 0.380 e. The molecule has 2 atom stereocenters. The molecule has 2 unspecified atom stereocenters. The van der Waals surface area contributed by atoms with Gasteiger partial charge < -0.3 is 10.2 Å². The normalized spacial score (nSPS) is 11.9. The lowest BCUT2D eigenvalue weighted by molar-refractivity contribution is 0.0743. The van der Waals surface area contributed by atoms with Gasteiger partial charge in [0.2, 0.25) is 0 Å². The molecule has 4 heteroatoms. The van der Waals surface area contributed by atoms with Crippen LogP contribution in [0.4, 0.5) is 0 Å². The van der Waals surface area contributed by atoms with E-state index in [1.54, 1.807) is 78.9 Å². The topological polar surface area (TPSA) is 74.6 Å². The van der Waals surface area contributed by atoms with E-state index in [0.717, 1.165) is 5.56 Å². The second-order valence-corrected chi connectivity index (χ2v) is 7.87. The molecule has 0 aliphatic rings. The molecular formula is C31H28O4. The number of rotatable bonds is 8. The van der Waals surface area contributed by atoms with Gasteiger partial charge in [0.25, 0.3) is 0 Å². The van der Waals surface area contributed by atoms with Crippen LogP contribution in [0.5, 0.6) is 0 Å². The van der Waals surface area contributed by atoms with Crippen LogP contribution in [-0.2, 0) is 6.42 Å². The number of carbonyl (C=O) groups is 2. The standard InChI is InChI=1S/C17H16O2.C14H12O2/c1-2-8-13-9-6-7-12-15(13)17(19)16(18)14-10-4-3-5-11-14;15-13(11-7-3-1-4-8-11)14(16)12-9-5-2-6-10-12/h2-7,9-12,16,18H,1,8H2;1-10,13,15H. The molecule has 4 rings (SSSR count). The molecule has 4 aromatic carbocycles. The van der Waals surface area contributed by atoms with Gasteiger partial charge in [-0.05, 0) is 23.1 Å². The van der Waals surface area contributed by atoms with E-state index in [2.05, 4.69) is 6.58 Å². The fourth-order valence-electron chi connectivity index (χ4n) is 3.58. The number of aliphatic hydroxyl groups is 2. The van der Waals surface area contributed by atoms with Crippen LogP contribution < -0.4 is 0 Å². The van der Waals surface area contributed by atoms with Gasteiger partial charge in [-0.15, -0.1) is 6.58 Å². The van der Waals surface area contributed by atoms with E-state index in [0.29, 0.717) is 28.7 Å². The van der Waals surface area contributed by atoms with Crippen molar-refractivity contribution in [3.63, 3.8) is 0 Å². The number of hydrogen-bond acceptors (Lipinski definition) is 4. The molecule has 0 aliphatic carbocycles. The molecule has 0 heterocycles. The van der Waals surface area contributed by atoms with Gasteiger partial charge in [-0.25, -0.2) is 0 Å². The first-order valence-electron chi connectivity index (χ1n) is 11.3. The van der Waals surface area contributed by atoms with Gasteiger partial charge in [-0.1, -0.05) is 121 Å². The van der Waals surface area contributed by atoms with Crippen LogP contribution in [0, 0.1) is 0 Å². The van der Waals surface area contributed by atoms with E-state index < -0.39 is 12.2 Å². The highest BCUT2D eigenvalue weighted by Gasteiger charge is 2.21. The van der Waals surface area contributed by atoms with Crippen LogP contribution in [0.3, 0.4) is 0 Å². The van der Waals surface area contributed by atoms with Crippen LogP contribution in [-0.4, -0.2) is 21.8 Å². The molecule has 0 aliphatic heterocycles. The first kappa shape index (κ1) is 25.5. The third-order valence-electron chi connectivity index (χ3n) is 5.43. The number of ketones is 2. The number of Topliss-reactive ketones (excluding diaryl/α,β-unsaturated/α-hetero) is 2. The average Bonchev–Trinajstić information content (AvgIpc) is 2.94. The second-order valence-electron chi connectivity index (χ2n) is 7.87. The Kier molecular flexibility index (Phi) is 9.43. The van der Waals surface area contributed by atoms with E-state index in [-0.39, 0.29) is 11.6 Å². The Morgan fingerprint density at radius 1 is 0.629 bits per heavy atom. The van der Waals surface area contributed by atoms with Crippen molar-refractivity contribution < 1.29 is 19.8 Å². The molecule has 35 heavy (non-hydrogen) atoms. The van der Waals surface area contributed by atoms with Crippen molar-refractivity contribution in [1.82, 2.24) is 0 Å². The fourth-order valence-corrected chi connectivity index (χ4v) is 3.58. The van der Waals surface area contributed by atoms with E-state index >= 15 is 0 Å². The van der Waals surface area contributed by atoms with Crippen LogP contribution >= 0.6 is 0 Å². The molecule has 0 bridgehead atoms. The minimum atomic E-state index is -1.12. The summed E-state index contributed by atoms with van der Waals surface area (Å²) < 4.78 is 0. The van der Waals surface area contributed by atoms with Gasteiger partial charge in [0, 0.05) is 11.1 Å². The molecule has 0 saturated carbocycles. The predicted molar refractivity (Wildman–Crippen MR) is 138 cm³/mol. The fraction of sp³-hybridized carbons (Fsp3) is 0.0968. The Bertz CT molecular complexity index is 1230. The third kappa shape index (κ3) is 6.93. The third-order valence-corrected chi connectivity index (χ3v) is 5.43. The summed E-state index contributed by atoms with van der Waals surface area (Å²) in [6.45, 7) is 3.69. The number of carbonyl (C=O) groups excluding carboxylic acids is 2. The number of allylic oxidation sites excluding steroid dienone is 1. The van der Waals surface area contributed by atoms with Crippen LogP contribution in [0.1, 0.15) is 49.6 Å². The highest BCUT2D eigenvalue weighted by molar-refractivity contribution is 6.01. The molecule has 0 amide bonds. The van der Waals surface area contributed by atoms with Crippen LogP contribution in [0.15, 0.2) is 128 Å². The van der Waals surface area contributed by atoms with E-state index in [9.17, 15) is 19.8 Å². The molecule has 2 N–H and O–H groups in total. The highest BCUT2D eigenvalue weighted by atomic mass is 16.3. The molecule has 0 spiro atoms. The summed E-state index contributed by atoms with van der Waals surface area (Å²) in [7, 11) is 0. The summed E-state index contributed by atoms with van der Waals surface area (Å²) in [4.78, 5) is 24.3. The molecule has 4 aromatic rings. The quantitative estimate of drug-likeness (QED) is 0.250. The first-order valence-corrected chi connectivity index (χ1v) is 11.3. The van der Waals surface area contributed by atoms with Crippen molar-refractivity contribution in [2.75, 3.05) is 0 Å². The second kappa shape index (κ2) is 12.9. The molecule has 0 aromatic heterocycles. The maximum Gasteiger partial charge on any atom is 0.196 e. The summed E-state index contributed by atoms with van der Waals surface area (Å²) in [6, 6.07) is 34.0. The molecule has 0 radical (unpaired) electrons. The molecule has 4 nitrogen and oxygen atoms in total. The summed E-state index contributed by atoms with van der Waals surface area (Å²) in [6.07, 6.45) is 0.167. The summed E-state index contributed by atoms with van der Waals surface area (Å²) in [5, 5.41) is 20.1. The van der Waals surface area contributed by atoms with Gasteiger partial charge in [-0.3, -0.25) is 9.59 Å². The lowest BCUT2D eigenvalue weighted by atomic mass is 9.95. The summed E-state index contributed by atoms with van der Waals surface area (Å²) in [5.41, 5.74) is 3.20. The number of aliphatic hydroxyl groups excluding tert-OH is 2. The lowest BCUT2D eigenvalue weighted by Gasteiger charge is -2.12. The highest BCUT2D eigenvalue weighted by Crippen LogP contribution is 2.21. The summed E-state index contributed by atoms with van der Waals surface area (Å²) in [5.74, 6) is -0.546. The maximum absolute atomic E-state index is 12.4. The van der Waals surface area contributed by atoms with Crippen molar-refractivity contribution in [2.45, 2.75) is 18.6 Å². The monoisotopic (exact) mass is 464 g/mol. The first-order chi connectivity index (χ1) is 17.0. The number of hydrogen-bond donors (Lipinski definition) is 2. The smallest absolute Gasteiger partial charge is 0.196 e. The maximum atomic E-state index is 12.4. The summed E-state index contributed by atoms with van der Waals surface area (Å²) >= 11 is 0. The zero-order valence-corrected chi connectivity index (χ0v) is 19.3. The lowest BCUT2D eigenvalue weighted by Crippen LogP contribution is -2.14. The predicted octanol–water partition coefficient (Wildman–Crippen LogP) is 5.93. The van der Waals surface area contributed by atoms with E-state index in [1.807, 2.05) is 42.5 Å². The molecule has 0 fully saturated rings. The van der Waals surface area contributed by atoms with Crippen molar-refractivity contribution in [2.24, 2.45) is 0 Å². The Morgan fingerprint density at radius 3 is 1.57 bits per heavy atom. The van der Waals surface area contributed by atoms with Crippen molar-refractivity contribution in [1.29, 1.82) is 0 Å². The SMILES string of the molecule is C=CCc1ccccc1C(=O)C(O)c1ccccc1.O=C(c1ccccc1)C(O)c1ccccc1. The molecular weight excluding hydrogens is 436 g/mol. The van der Waals surface area contributed by atoms with Crippen molar-refractivity contribution in [3.05, 3.63) is 156 Å². The van der Waals surface area contributed by atoms with E-state index in [4.69, 9.17) is 0 Å². The van der Waals surface area contributed by atoms with Gasteiger partial charge in [0.1, 0.15) is 12.2 Å². The van der Waals surface area contributed by atoms with Gasteiger partial charge in [-0.2, -0.15) is 0 Å². The Hall–Kier alpha value is -4.12. The van der Waals surface area contributed by atoms with Crippen molar-refractivity contribution >= 4 is 11.6 Å². The van der Waals surface area contributed by atoms with Gasteiger partial charge in [0.15, 0.2) is 11.6 Å². The zero-order valence-electron chi connectivity index (χ0n) is 19.3. The minimum Gasteiger partial charge on any atom is -0.380 e. The zero-order chi connectivity index (χ0) is 25.0. The van der Waals surface area contributed by atoms with Gasteiger partial charge in [0.05, 0.1) is 0 Å². The van der Waals surface area contributed by atoms with Crippen LogP contribution in [0.2, 0.25) is 0 Å². The Balaban J connectivity index is 0.000000198. The van der Waals surface area contributed by atoms with Crippen LogP contribution in [0.25, 0.3) is 0 Å². The van der Waals surface area contributed by atoms with E-state index in [1.165, 1.54) is 0 Å². The Labute approximate surface area is 205 Å². The van der Waals surface area contributed by atoms with Crippen molar-refractivity contribution in [3.8, 4) is 0 Å². The average molecular weight is 465 g/mol. The Morgan fingerprint density at radius 2 is 1.06 bits per heavy atom. The molecule has 0 saturated heterocycles.